The van der Waals surface area contributed by atoms with Gasteiger partial charge >= 0.3 is 0 Å². The maximum Gasteiger partial charge on any atom is 0.220 e. The minimum absolute atomic E-state index is 0.127. The predicted molar refractivity (Wildman–Crippen MR) is 62.7 cm³/mol. The van der Waals surface area contributed by atoms with Crippen molar-refractivity contribution in [1.82, 2.24) is 5.32 Å². The van der Waals surface area contributed by atoms with E-state index in [0.717, 1.165) is 24.6 Å². The molecule has 0 atom stereocenters. The first-order chi connectivity index (χ1) is 6.72. The van der Waals surface area contributed by atoms with Crippen LogP contribution in [0.5, 0.6) is 0 Å². The van der Waals surface area contributed by atoms with E-state index in [9.17, 15) is 4.79 Å². The van der Waals surface area contributed by atoms with E-state index in [1.54, 1.807) is 0 Å². The number of hydrogen-bond acceptors (Lipinski definition) is 1. The molecule has 0 saturated heterocycles. The van der Waals surface area contributed by atoms with Crippen LogP contribution in [0.15, 0.2) is 0 Å². The van der Waals surface area contributed by atoms with Crippen LogP contribution < -0.4 is 5.32 Å². The van der Waals surface area contributed by atoms with Gasteiger partial charge in [-0.15, -0.1) is 0 Å². The molecule has 3 heteroatoms. The molecule has 1 aliphatic rings. The van der Waals surface area contributed by atoms with Crippen molar-refractivity contribution in [3.8, 4) is 0 Å². The largest absolute Gasteiger partial charge is 0.350 e. The standard InChI is InChI=1S/C11H20BrNO/c1-2-3-4-5-6-10(14)13-11(9-12)7-8-11/h2-9H2,1H3,(H,13,14). The van der Waals surface area contributed by atoms with Gasteiger partial charge in [-0.1, -0.05) is 42.1 Å². The first-order valence-corrected chi connectivity index (χ1v) is 6.71. The van der Waals surface area contributed by atoms with E-state index in [-0.39, 0.29) is 11.4 Å². The average Bonchev–Trinajstić information content (AvgIpc) is 2.93. The number of halogens is 1. The van der Waals surface area contributed by atoms with Crippen molar-refractivity contribution in [2.24, 2.45) is 0 Å². The van der Waals surface area contributed by atoms with Crippen LogP contribution in [0.1, 0.15) is 51.9 Å². The molecule has 1 fully saturated rings. The van der Waals surface area contributed by atoms with Gasteiger partial charge in [-0.3, -0.25) is 4.79 Å². The van der Waals surface area contributed by atoms with E-state index in [2.05, 4.69) is 28.2 Å². The van der Waals surface area contributed by atoms with Crippen LogP contribution in [0.4, 0.5) is 0 Å². The van der Waals surface area contributed by atoms with Gasteiger partial charge in [0.15, 0.2) is 0 Å². The summed E-state index contributed by atoms with van der Waals surface area (Å²) >= 11 is 3.44. The van der Waals surface area contributed by atoms with E-state index in [0.29, 0.717) is 6.42 Å². The van der Waals surface area contributed by atoms with Crippen molar-refractivity contribution < 1.29 is 4.79 Å². The summed E-state index contributed by atoms with van der Waals surface area (Å²) in [5.74, 6) is 0.234. The van der Waals surface area contributed by atoms with Gasteiger partial charge < -0.3 is 5.32 Å². The average molecular weight is 262 g/mol. The summed E-state index contributed by atoms with van der Waals surface area (Å²) in [5.41, 5.74) is 0.127. The number of rotatable bonds is 7. The lowest BCUT2D eigenvalue weighted by Crippen LogP contribution is -2.37. The molecular formula is C11H20BrNO. The number of carbonyl (C=O) groups excluding carboxylic acids is 1. The Morgan fingerprint density at radius 2 is 2.07 bits per heavy atom. The van der Waals surface area contributed by atoms with E-state index < -0.39 is 0 Å². The zero-order chi connectivity index (χ0) is 10.4. The fourth-order valence-electron chi connectivity index (χ4n) is 1.51. The van der Waals surface area contributed by atoms with Crippen molar-refractivity contribution in [1.29, 1.82) is 0 Å². The van der Waals surface area contributed by atoms with Gasteiger partial charge in [0.1, 0.15) is 0 Å². The van der Waals surface area contributed by atoms with Crippen LogP contribution in [0, 0.1) is 0 Å². The quantitative estimate of drug-likeness (QED) is 0.554. The normalized spacial score (nSPS) is 17.9. The highest BCUT2D eigenvalue weighted by molar-refractivity contribution is 9.09. The Balaban J connectivity index is 2.04. The molecule has 1 saturated carbocycles. The zero-order valence-electron chi connectivity index (χ0n) is 8.94. The van der Waals surface area contributed by atoms with Gasteiger partial charge in [-0.05, 0) is 19.3 Å². The third-order valence-corrected chi connectivity index (χ3v) is 3.84. The molecule has 82 valence electrons. The Bertz CT molecular complexity index is 190. The lowest BCUT2D eigenvalue weighted by Gasteiger charge is -2.13. The Morgan fingerprint density at radius 1 is 1.36 bits per heavy atom. The molecule has 0 aliphatic heterocycles. The van der Waals surface area contributed by atoms with Gasteiger partial charge in [0, 0.05) is 17.3 Å². The summed E-state index contributed by atoms with van der Waals surface area (Å²) in [6.07, 6.45) is 7.68. The first kappa shape index (κ1) is 12.0. The monoisotopic (exact) mass is 261 g/mol. The van der Waals surface area contributed by atoms with Crippen LogP contribution in [0.25, 0.3) is 0 Å². The molecule has 0 aromatic carbocycles. The SMILES string of the molecule is CCCCCCC(=O)NC1(CBr)CC1. The lowest BCUT2D eigenvalue weighted by atomic mass is 10.1. The Labute approximate surface area is 95.0 Å². The molecule has 0 bridgehead atoms. The first-order valence-electron chi connectivity index (χ1n) is 5.59. The van der Waals surface area contributed by atoms with E-state index in [4.69, 9.17) is 0 Å². The van der Waals surface area contributed by atoms with Crippen molar-refractivity contribution in [2.45, 2.75) is 57.4 Å². The molecule has 0 aromatic heterocycles. The van der Waals surface area contributed by atoms with Crippen molar-refractivity contribution in [3.63, 3.8) is 0 Å². The molecule has 1 amide bonds. The highest BCUT2D eigenvalue weighted by Gasteiger charge is 2.42. The van der Waals surface area contributed by atoms with Crippen LogP contribution >= 0.6 is 15.9 Å². The Kier molecular flexibility index (Phi) is 4.93. The summed E-state index contributed by atoms with van der Waals surface area (Å²) in [7, 11) is 0. The number of unbranched alkanes of at least 4 members (excludes halogenated alkanes) is 3. The smallest absolute Gasteiger partial charge is 0.220 e. The van der Waals surface area contributed by atoms with Crippen molar-refractivity contribution >= 4 is 21.8 Å². The summed E-state index contributed by atoms with van der Waals surface area (Å²) in [5, 5.41) is 4.01. The second kappa shape index (κ2) is 5.74. The fraction of sp³-hybridized carbons (Fsp3) is 0.909. The highest BCUT2D eigenvalue weighted by atomic mass is 79.9. The summed E-state index contributed by atoms with van der Waals surface area (Å²) in [4.78, 5) is 11.5. The van der Waals surface area contributed by atoms with E-state index in [1.807, 2.05) is 0 Å². The molecule has 0 radical (unpaired) electrons. The van der Waals surface area contributed by atoms with Crippen LogP contribution in [0.2, 0.25) is 0 Å². The third-order valence-electron chi connectivity index (χ3n) is 2.77. The predicted octanol–water partition coefficient (Wildman–Crippen LogP) is 3.00. The number of amides is 1. The topological polar surface area (TPSA) is 29.1 Å². The molecule has 0 spiro atoms. The Morgan fingerprint density at radius 3 is 2.57 bits per heavy atom. The van der Waals surface area contributed by atoms with E-state index >= 15 is 0 Å². The van der Waals surface area contributed by atoms with E-state index in [1.165, 1.54) is 19.3 Å². The summed E-state index contributed by atoms with van der Waals surface area (Å²) in [6, 6.07) is 0. The number of carbonyl (C=O) groups is 1. The van der Waals surface area contributed by atoms with Gasteiger partial charge in [-0.2, -0.15) is 0 Å². The fourth-order valence-corrected chi connectivity index (χ4v) is 2.21. The summed E-state index contributed by atoms with van der Waals surface area (Å²) in [6.45, 7) is 2.18. The van der Waals surface area contributed by atoms with Crippen molar-refractivity contribution in [2.75, 3.05) is 5.33 Å². The van der Waals surface area contributed by atoms with Crippen molar-refractivity contribution in [3.05, 3.63) is 0 Å². The molecule has 0 aromatic rings. The molecule has 0 unspecified atom stereocenters. The summed E-state index contributed by atoms with van der Waals surface area (Å²) < 4.78 is 0. The minimum atomic E-state index is 0.127. The minimum Gasteiger partial charge on any atom is -0.350 e. The number of alkyl halides is 1. The molecular weight excluding hydrogens is 242 g/mol. The molecule has 14 heavy (non-hydrogen) atoms. The second-order valence-electron chi connectivity index (χ2n) is 4.27. The van der Waals surface area contributed by atoms with Crippen LogP contribution in [-0.4, -0.2) is 16.8 Å². The Hall–Kier alpha value is -0.0500. The molecule has 1 rings (SSSR count). The maximum atomic E-state index is 11.5. The van der Waals surface area contributed by atoms with Gasteiger partial charge in [0.05, 0.1) is 0 Å². The molecule has 2 nitrogen and oxygen atoms in total. The molecule has 1 aliphatic carbocycles. The van der Waals surface area contributed by atoms with Gasteiger partial charge in [-0.25, -0.2) is 0 Å². The third kappa shape index (κ3) is 3.99. The molecule has 0 heterocycles. The number of nitrogens with one attached hydrogen (secondary N) is 1. The zero-order valence-corrected chi connectivity index (χ0v) is 10.5. The maximum absolute atomic E-state index is 11.5. The van der Waals surface area contributed by atoms with Gasteiger partial charge in [0.25, 0.3) is 0 Å². The molecule has 1 N–H and O–H groups in total. The van der Waals surface area contributed by atoms with Gasteiger partial charge in [0.2, 0.25) is 5.91 Å². The van der Waals surface area contributed by atoms with Crippen LogP contribution in [0.3, 0.4) is 0 Å². The highest BCUT2D eigenvalue weighted by Crippen LogP contribution is 2.36. The number of hydrogen-bond donors (Lipinski definition) is 1. The second-order valence-corrected chi connectivity index (χ2v) is 4.83. The van der Waals surface area contributed by atoms with Crippen LogP contribution in [-0.2, 0) is 4.79 Å². The lowest BCUT2D eigenvalue weighted by molar-refractivity contribution is -0.122.